The van der Waals surface area contributed by atoms with Gasteiger partial charge in [0.15, 0.2) is 5.69 Å². The molecule has 3 aromatic rings. The Morgan fingerprint density at radius 3 is 2.50 bits per heavy atom. The third-order valence-corrected chi connectivity index (χ3v) is 3.49. The predicted molar refractivity (Wildman–Crippen MR) is 78.8 cm³/mol. The Hall–Kier alpha value is -3.17. The number of carbonyl (C=O) groups is 1. The van der Waals surface area contributed by atoms with Gasteiger partial charge in [-0.25, -0.2) is 13.6 Å². The summed E-state index contributed by atoms with van der Waals surface area (Å²) in [6, 6.07) is 5.90. The van der Waals surface area contributed by atoms with Crippen molar-refractivity contribution in [3.05, 3.63) is 59.3 Å². The van der Waals surface area contributed by atoms with E-state index in [0.717, 1.165) is 22.9 Å². The van der Waals surface area contributed by atoms with E-state index in [1.54, 1.807) is 0 Å². The number of hydrogen-bond acceptors (Lipinski definition) is 3. The molecule has 0 unspecified atom stereocenters. The molecule has 0 bridgehead atoms. The topological polar surface area (TPSA) is 64.3 Å². The van der Waals surface area contributed by atoms with E-state index in [1.165, 1.54) is 12.1 Å². The Balaban J connectivity index is 2.07. The maximum absolute atomic E-state index is 13.8. The van der Waals surface area contributed by atoms with Crippen LogP contribution in [0.25, 0.3) is 10.9 Å². The van der Waals surface area contributed by atoms with Gasteiger partial charge in [-0.2, -0.15) is 5.10 Å². The van der Waals surface area contributed by atoms with Crippen LogP contribution >= 0.6 is 0 Å². The summed E-state index contributed by atoms with van der Waals surface area (Å²) in [6.45, 7) is -0.241. The monoisotopic (exact) mass is 372 g/mol. The fraction of sp³-hybridized carbons (Fsp3) is 0.125. The van der Waals surface area contributed by atoms with Gasteiger partial charge in [-0.3, -0.25) is 4.68 Å². The Bertz CT molecular complexity index is 997. The van der Waals surface area contributed by atoms with Gasteiger partial charge in [0.2, 0.25) is 0 Å². The number of ether oxygens (including phenoxy) is 1. The second-order valence-corrected chi connectivity index (χ2v) is 5.27. The van der Waals surface area contributed by atoms with Crippen LogP contribution in [-0.4, -0.2) is 27.2 Å². The summed E-state index contributed by atoms with van der Waals surface area (Å²) in [7, 11) is 0. The molecule has 0 fully saturated rings. The molecule has 2 aromatic carbocycles. The van der Waals surface area contributed by atoms with E-state index in [4.69, 9.17) is 0 Å². The molecule has 0 atom stereocenters. The quantitative estimate of drug-likeness (QED) is 0.704. The molecule has 0 saturated heterocycles. The second kappa shape index (κ2) is 6.28. The maximum Gasteiger partial charge on any atom is 0.573 e. The van der Waals surface area contributed by atoms with Crippen LogP contribution in [0.1, 0.15) is 16.1 Å². The van der Waals surface area contributed by atoms with Crippen LogP contribution in [0.15, 0.2) is 36.4 Å². The SMILES string of the molecule is O=C(O)c1nn(Cc2ccc(F)cc2F)c2ccc(OC(F)(F)F)cc12. The molecule has 0 spiro atoms. The molecule has 10 heteroatoms. The van der Waals surface area contributed by atoms with Crippen LogP contribution in [0.2, 0.25) is 0 Å². The molecule has 0 aliphatic heterocycles. The molecule has 0 radical (unpaired) electrons. The first-order valence-corrected chi connectivity index (χ1v) is 7.07. The number of carboxylic acids is 1. The number of halogens is 5. The summed E-state index contributed by atoms with van der Waals surface area (Å²) >= 11 is 0. The summed E-state index contributed by atoms with van der Waals surface area (Å²) in [5.74, 6) is -3.73. The van der Waals surface area contributed by atoms with E-state index in [9.17, 15) is 31.9 Å². The number of nitrogens with zero attached hydrogens (tertiary/aromatic N) is 2. The van der Waals surface area contributed by atoms with Crippen molar-refractivity contribution in [3.63, 3.8) is 0 Å². The van der Waals surface area contributed by atoms with Crippen molar-refractivity contribution in [1.82, 2.24) is 9.78 Å². The van der Waals surface area contributed by atoms with Crippen molar-refractivity contribution in [2.24, 2.45) is 0 Å². The number of benzene rings is 2. The lowest BCUT2D eigenvalue weighted by molar-refractivity contribution is -0.274. The first kappa shape index (κ1) is 17.6. The lowest BCUT2D eigenvalue weighted by Gasteiger charge is -2.09. The number of hydrogen-bond donors (Lipinski definition) is 1. The summed E-state index contributed by atoms with van der Waals surface area (Å²) in [6.07, 6.45) is -4.94. The van der Waals surface area contributed by atoms with E-state index < -0.39 is 35.4 Å². The first-order valence-electron chi connectivity index (χ1n) is 7.07. The van der Waals surface area contributed by atoms with E-state index in [1.807, 2.05) is 0 Å². The molecule has 0 aliphatic carbocycles. The van der Waals surface area contributed by atoms with Crippen LogP contribution in [0.4, 0.5) is 22.0 Å². The molecule has 1 N–H and O–H groups in total. The molecular formula is C16H9F5N2O3. The molecule has 5 nitrogen and oxygen atoms in total. The Morgan fingerprint density at radius 1 is 1.15 bits per heavy atom. The molecule has 136 valence electrons. The Labute approximate surface area is 142 Å². The Kier molecular flexibility index (Phi) is 4.26. The number of aromatic carboxylic acids is 1. The zero-order valence-corrected chi connectivity index (χ0v) is 12.7. The summed E-state index contributed by atoms with van der Waals surface area (Å²) < 4.78 is 68.7. The highest BCUT2D eigenvalue weighted by Crippen LogP contribution is 2.29. The number of rotatable bonds is 4. The van der Waals surface area contributed by atoms with Crippen molar-refractivity contribution < 1.29 is 36.6 Å². The minimum absolute atomic E-state index is 0.0309. The molecule has 0 amide bonds. The zero-order valence-electron chi connectivity index (χ0n) is 12.7. The molecule has 0 aliphatic rings. The molecule has 0 saturated carbocycles. The lowest BCUT2D eigenvalue weighted by Crippen LogP contribution is -2.17. The first-order chi connectivity index (χ1) is 12.1. The zero-order chi connectivity index (χ0) is 19.1. The molecule has 26 heavy (non-hydrogen) atoms. The van der Waals surface area contributed by atoms with Crippen LogP contribution in [0.3, 0.4) is 0 Å². The van der Waals surface area contributed by atoms with Gasteiger partial charge < -0.3 is 9.84 Å². The van der Waals surface area contributed by atoms with Crippen molar-refractivity contribution >= 4 is 16.9 Å². The van der Waals surface area contributed by atoms with Gasteiger partial charge in [0, 0.05) is 17.0 Å². The van der Waals surface area contributed by atoms with Gasteiger partial charge in [0.1, 0.15) is 17.4 Å². The van der Waals surface area contributed by atoms with Gasteiger partial charge in [0.25, 0.3) is 0 Å². The van der Waals surface area contributed by atoms with E-state index in [-0.39, 0.29) is 23.0 Å². The lowest BCUT2D eigenvalue weighted by atomic mass is 10.2. The van der Waals surface area contributed by atoms with Gasteiger partial charge >= 0.3 is 12.3 Å². The van der Waals surface area contributed by atoms with Crippen molar-refractivity contribution in [2.75, 3.05) is 0 Å². The molecule has 3 rings (SSSR count). The molecule has 1 heterocycles. The summed E-state index contributed by atoms with van der Waals surface area (Å²) in [5, 5.41) is 12.9. The fourth-order valence-corrected chi connectivity index (χ4v) is 2.45. The average molecular weight is 372 g/mol. The smallest absolute Gasteiger partial charge is 0.476 e. The Morgan fingerprint density at radius 2 is 1.88 bits per heavy atom. The van der Waals surface area contributed by atoms with Crippen LogP contribution in [0, 0.1) is 11.6 Å². The van der Waals surface area contributed by atoms with Crippen LogP contribution in [-0.2, 0) is 6.54 Å². The number of alkyl halides is 3. The fourth-order valence-electron chi connectivity index (χ4n) is 2.45. The van der Waals surface area contributed by atoms with Crippen molar-refractivity contribution in [2.45, 2.75) is 12.9 Å². The minimum Gasteiger partial charge on any atom is -0.476 e. The highest BCUT2D eigenvalue weighted by molar-refractivity contribution is 6.01. The third-order valence-electron chi connectivity index (χ3n) is 3.49. The number of fused-ring (bicyclic) bond motifs is 1. The normalized spacial score (nSPS) is 11.7. The van der Waals surface area contributed by atoms with Crippen LogP contribution in [0.5, 0.6) is 5.75 Å². The average Bonchev–Trinajstić information content (AvgIpc) is 2.86. The predicted octanol–water partition coefficient (Wildman–Crippen LogP) is 3.96. The van der Waals surface area contributed by atoms with Crippen LogP contribution < -0.4 is 4.74 Å². The van der Waals surface area contributed by atoms with Gasteiger partial charge in [-0.05, 0) is 24.3 Å². The number of aromatic nitrogens is 2. The van der Waals surface area contributed by atoms with Crippen molar-refractivity contribution in [1.29, 1.82) is 0 Å². The van der Waals surface area contributed by atoms with Crippen molar-refractivity contribution in [3.8, 4) is 5.75 Å². The van der Waals surface area contributed by atoms with E-state index in [0.29, 0.717) is 6.07 Å². The highest BCUT2D eigenvalue weighted by atomic mass is 19.4. The minimum atomic E-state index is -4.94. The summed E-state index contributed by atoms with van der Waals surface area (Å²) in [4.78, 5) is 11.3. The summed E-state index contributed by atoms with van der Waals surface area (Å²) in [5.41, 5.74) is -0.334. The number of carboxylic acid groups (broad SMARTS) is 1. The van der Waals surface area contributed by atoms with Gasteiger partial charge in [-0.15, -0.1) is 13.2 Å². The van der Waals surface area contributed by atoms with E-state index in [2.05, 4.69) is 9.84 Å². The molecule has 1 aromatic heterocycles. The van der Waals surface area contributed by atoms with Gasteiger partial charge in [0.05, 0.1) is 12.1 Å². The maximum atomic E-state index is 13.8. The van der Waals surface area contributed by atoms with Gasteiger partial charge in [-0.1, -0.05) is 6.07 Å². The standard InChI is InChI=1S/C16H9F5N2O3/c17-9-2-1-8(12(18)5-9)7-23-13-4-3-10(26-16(19,20)21)6-11(13)14(22-23)15(24)25/h1-6H,7H2,(H,24,25). The van der Waals surface area contributed by atoms with E-state index >= 15 is 0 Å². The second-order valence-electron chi connectivity index (χ2n) is 5.27. The largest absolute Gasteiger partial charge is 0.573 e. The third kappa shape index (κ3) is 3.58. The molecular weight excluding hydrogens is 363 g/mol. The highest BCUT2D eigenvalue weighted by Gasteiger charge is 2.31.